The van der Waals surface area contributed by atoms with Gasteiger partial charge < -0.3 is 0 Å². The van der Waals surface area contributed by atoms with Gasteiger partial charge in [0.05, 0.1) is 0 Å². The molecule has 9 rings (SSSR count). The number of anilines is 2. The van der Waals surface area contributed by atoms with Gasteiger partial charge in [-0.1, -0.05) is 27.7 Å². The summed E-state index contributed by atoms with van der Waals surface area (Å²) in [6.07, 6.45) is 2.92. The molecule has 0 bridgehead atoms. The van der Waals surface area contributed by atoms with E-state index in [1.165, 1.54) is 11.1 Å². The van der Waals surface area contributed by atoms with Crippen LogP contribution in [0, 0.1) is 21.9 Å². The second-order valence-corrected chi connectivity index (χ2v) is 19.1. The van der Waals surface area contributed by atoms with Crippen molar-refractivity contribution < 1.29 is 24.1 Å². The third-order valence-electron chi connectivity index (χ3n) is 11.5. The number of hydrogen-bond donors (Lipinski definition) is 0. The fraction of sp³-hybridized carbons (Fsp3) is 0.222. The van der Waals surface area contributed by atoms with Gasteiger partial charge >= 0.3 is 316 Å². The molecule has 0 N–H and O–H groups in total. The van der Waals surface area contributed by atoms with Crippen molar-refractivity contribution in [3.05, 3.63) is 178 Å². The molecule has 5 nitrogen and oxygen atoms in total. The predicted molar refractivity (Wildman–Crippen MR) is 242 cm³/mol. The van der Waals surface area contributed by atoms with E-state index in [4.69, 9.17) is 9.72 Å². The molecule has 2 aromatic heterocycles. The summed E-state index contributed by atoms with van der Waals surface area (Å²) in [5.74, 6) is 2.72. The van der Waals surface area contributed by atoms with Crippen LogP contribution in [-0.2, 0) is 36.6 Å². The van der Waals surface area contributed by atoms with E-state index in [-0.39, 0.29) is 10.8 Å². The van der Waals surface area contributed by atoms with Crippen LogP contribution in [0.2, 0.25) is 0 Å². The average Bonchev–Trinajstić information content (AvgIpc) is 3.54. The Balaban J connectivity index is 1.20. The molecule has 6 heteroatoms. The van der Waals surface area contributed by atoms with E-state index in [9.17, 15) is 0 Å². The van der Waals surface area contributed by atoms with Crippen LogP contribution >= 0.6 is 0 Å². The second kappa shape index (κ2) is 15.7. The van der Waals surface area contributed by atoms with Gasteiger partial charge in [0, 0.05) is 6.20 Å². The van der Waals surface area contributed by atoms with E-state index in [1.54, 1.807) is 0 Å². The number of fused-ring (bicyclic) bond motifs is 2. The van der Waals surface area contributed by atoms with Gasteiger partial charge in [-0.15, -0.1) is 0 Å². The Morgan fingerprint density at radius 1 is 0.633 bits per heavy atom. The van der Waals surface area contributed by atoms with Gasteiger partial charge in [0.2, 0.25) is 0 Å². The van der Waals surface area contributed by atoms with Crippen molar-refractivity contribution in [2.24, 2.45) is 5.92 Å². The quantitative estimate of drug-likeness (QED) is 0.149. The van der Waals surface area contributed by atoms with Gasteiger partial charge in [0.25, 0.3) is 0 Å². The maximum absolute atomic E-state index is 6.85. The number of para-hydroxylation sites is 3. The topological polar surface area (TPSA) is 35.2 Å². The minimum atomic E-state index is -0.164. The average molecular weight is 966 g/mol. The molecule has 0 amide bonds. The van der Waals surface area contributed by atoms with Gasteiger partial charge in [-0.2, -0.15) is 0 Å². The molecule has 6 aromatic carbocycles. The van der Waals surface area contributed by atoms with Crippen molar-refractivity contribution in [2.45, 2.75) is 65.7 Å². The van der Waals surface area contributed by atoms with Crippen molar-refractivity contribution in [3.63, 3.8) is 0 Å². The first-order chi connectivity index (χ1) is 28.8. The number of pyridine rings is 1. The van der Waals surface area contributed by atoms with Crippen LogP contribution in [0.1, 0.15) is 65.2 Å². The molecule has 0 saturated carbocycles. The summed E-state index contributed by atoms with van der Waals surface area (Å²) in [5.41, 5.74) is 13.4. The summed E-state index contributed by atoms with van der Waals surface area (Å²) in [7, 11) is 0. The summed E-state index contributed by atoms with van der Waals surface area (Å²) in [5, 5.41) is 0. The zero-order chi connectivity index (χ0) is 41.8. The molecule has 8 aromatic rings. The standard InChI is InChI=1S/C54H50N4O.Pt/c1-37-29-40-25-26-44(34-50(40)56(35-37)51-32-41(27-28-55-51)53(2,3)4)59-45-31-42(54(5,6)7)30-43(33-45)57-36-58(49-24-15-14-23-48(49)57)52-46(38-17-10-8-11-18-38)21-16-22-47(52)39-19-12-9-13-20-39;/h8-28,30-32,37H,29,35H2,1-7H3;/q-2;. The van der Waals surface area contributed by atoms with E-state index in [2.05, 4.69) is 234 Å². The molecule has 60 heavy (non-hydrogen) atoms. The molecule has 3 heterocycles. The molecule has 0 radical (unpaired) electrons. The predicted octanol–water partition coefficient (Wildman–Crippen LogP) is 13.5. The Hall–Kier alpha value is -5.77. The van der Waals surface area contributed by atoms with Crippen molar-refractivity contribution in [3.8, 4) is 45.1 Å². The van der Waals surface area contributed by atoms with Crippen LogP contribution in [0.4, 0.5) is 11.5 Å². The number of ether oxygens (including phenoxy) is 1. The first-order valence-corrected chi connectivity index (χ1v) is 21.9. The van der Waals surface area contributed by atoms with Crippen LogP contribution in [-0.4, -0.2) is 20.7 Å². The van der Waals surface area contributed by atoms with Crippen LogP contribution in [0.15, 0.2) is 146 Å². The fourth-order valence-electron chi connectivity index (χ4n) is 8.34. The third kappa shape index (κ3) is 7.61. The molecule has 0 aliphatic carbocycles. The fourth-order valence-corrected chi connectivity index (χ4v) is 9.41. The Labute approximate surface area is 365 Å². The first-order valence-electron chi connectivity index (χ1n) is 20.8. The third-order valence-corrected chi connectivity index (χ3v) is 12.5. The summed E-state index contributed by atoms with van der Waals surface area (Å²) in [4.78, 5) is 7.18. The van der Waals surface area contributed by atoms with E-state index >= 15 is 0 Å². The Kier molecular flexibility index (Phi) is 10.4. The number of aromatic nitrogens is 3. The van der Waals surface area contributed by atoms with Crippen molar-refractivity contribution in [1.29, 1.82) is 0 Å². The molecule has 0 saturated heterocycles. The Morgan fingerprint density at radius 2 is 1.25 bits per heavy atom. The Bertz CT molecular complexity index is 2860. The summed E-state index contributed by atoms with van der Waals surface area (Å²) < 4.78 is 12.6. The minimum absolute atomic E-state index is 0.0137. The summed E-state index contributed by atoms with van der Waals surface area (Å²) in [6, 6.07) is 57.1. The number of nitrogens with zero attached hydrogens (tertiary/aromatic N) is 4. The number of hydrogen-bond acceptors (Lipinski definition) is 3. The molecular formula is C54H50N4OPt-2. The molecule has 1 atom stereocenters. The van der Waals surface area contributed by atoms with Crippen LogP contribution in [0.5, 0.6) is 11.5 Å². The van der Waals surface area contributed by atoms with Crippen LogP contribution in [0.25, 0.3) is 44.7 Å². The van der Waals surface area contributed by atoms with Gasteiger partial charge in [0.15, 0.2) is 0 Å². The zero-order valence-electron chi connectivity index (χ0n) is 35.4. The summed E-state index contributed by atoms with van der Waals surface area (Å²) in [6.45, 7) is 16.7. The molecule has 0 spiro atoms. The van der Waals surface area contributed by atoms with Gasteiger partial charge in [-0.05, 0) is 17.0 Å². The molecular weight excluding hydrogens is 916 g/mol. The van der Waals surface area contributed by atoms with Gasteiger partial charge in [-0.3, -0.25) is 0 Å². The van der Waals surface area contributed by atoms with Crippen molar-refractivity contribution >= 4 is 22.5 Å². The normalized spacial score (nSPS) is 14.3. The van der Waals surface area contributed by atoms with E-state index in [0.29, 0.717) is 17.4 Å². The van der Waals surface area contributed by atoms with Crippen LogP contribution in [0.3, 0.4) is 0 Å². The molecule has 1 aliphatic heterocycles. The monoisotopic (exact) mass is 965 g/mol. The van der Waals surface area contributed by atoms with E-state index in [0.717, 1.165) is 78.5 Å². The first kappa shape index (κ1) is 39.7. The maximum atomic E-state index is 6.85. The number of rotatable bonds is 7. The van der Waals surface area contributed by atoms with E-state index < -0.39 is 0 Å². The number of imidazole rings is 1. The van der Waals surface area contributed by atoms with Gasteiger partial charge in [-0.25, -0.2) is 0 Å². The van der Waals surface area contributed by atoms with E-state index in [1.807, 2.05) is 6.20 Å². The molecule has 1 aliphatic rings. The zero-order valence-corrected chi connectivity index (χ0v) is 37.6. The SMILES string of the molecule is CC1Cc2ccc(Oc3[c-]c(-n4[c](=[Pt])n(-c5c(-c6ccccc6)cccc5-c5ccccc5)c5ccccc54)cc(C(C)(C)C)c3)[c-]c2N(c2cc(C(C)(C)C)ccn2)C1. The van der Waals surface area contributed by atoms with Crippen molar-refractivity contribution in [2.75, 3.05) is 11.4 Å². The molecule has 304 valence electrons. The number of benzene rings is 6. The van der Waals surface area contributed by atoms with Crippen molar-refractivity contribution in [1.82, 2.24) is 14.1 Å². The molecule has 1 unspecified atom stereocenters. The van der Waals surface area contributed by atoms with Gasteiger partial charge in [0.1, 0.15) is 0 Å². The summed E-state index contributed by atoms with van der Waals surface area (Å²) >= 11 is 2.51. The Morgan fingerprint density at radius 3 is 1.88 bits per heavy atom. The molecule has 0 fully saturated rings. The van der Waals surface area contributed by atoms with Crippen LogP contribution < -0.4 is 9.64 Å². The second-order valence-electron chi connectivity index (χ2n) is 18.1.